The van der Waals surface area contributed by atoms with Crippen molar-refractivity contribution >= 4 is 33.0 Å². The Kier molecular flexibility index (Phi) is 2.24. The number of aliphatic hydroxyl groups is 1. The second-order valence-corrected chi connectivity index (χ2v) is 3.98. The molecule has 1 aromatic heterocycles. The van der Waals surface area contributed by atoms with Gasteiger partial charge in [0.1, 0.15) is 5.82 Å². The fourth-order valence-electron chi connectivity index (χ4n) is 1.26. The third kappa shape index (κ3) is 1.33. The van der Waals surface area contributed by atoms with E-state index in [1.165, 1.54) is 17.4 Å². The molecule has 0 bridgehead atoms. The average Bonchev–Trinajstić information content (AvgIpc) is 2.60. The molecule has 1 nitrogen and oxygen atoms in total. The summed E-state index contributed by atoms with van der Waals surface area (Å²) in [7, 11) is 0. The van der Waals surface area contributed by atoms with Gasteiger partial charge in [0.25, 0.3) is 0 Å². The molecule has 13 heavy (non-hydrogen) atoms. The molecule has 2 aromatic rings. The maximum absolute atomic E-state index is 13.3. The Balaban J connectivity index is 2.87. The second kappa shape index (κ2) is 3.25. The molecule has 0 atom stereocenters. The fraction of sp³-hybridized carbons (Fsp3) is 0.111. The van der Waals surface area contributed by atoms with E-state index < -0.39 is 5.82 Å². The summed E-state index contributed by atoms with van der Waals surface area (Å²) in [6.07, 6.45) is 0. The zero-order valence-corrected chi connectivity index (χ0v) is 8.12. The third-order valence-electron chi connectivity index (χ3n) is 1.87. The predicted octanol–water partition coefficient (Wildman–Crippen LogP) is 3.19. The first-order chi connectivity index (χ1) is 6.24. The lowest BCUT2D eigenvalue weighted by Gasteiger charge is -2.01. The summed E-state index contributed by atoms with van der Waals surface area (Å²) in [5.74, 6) is -0.407. The highest BCUT2D eigenvalue weighted by atomic mass is 35.5. The summed E-state index contributed by atoms with van der Waals surface area (Å²) in [5.41, 5.74) is 0.677. The molecule has 0 spiro atoms. The topological polar surface area (TPSA) is 20.2 Å². The number of benzene rings is 1. The molecule has 0 radical (unpaired) electrons. The minimum Gasteiger partial charge on any atom is -0.392 e. The smallest absolute Gasteiger partial charge is 0.150 e. The maximum Gasteiger partial charge on any atom is 0.150 e. The van der Waals surface area contributed by atoms with E-state index in [1.807, 2.05) is 0 Å². The zero-order valence-electron chi connectivity index (χ0n) is 6.55. The van der Waals surface area contributed by atoms with Gasteiger partial charge in [0.05, 0.1) is 11.6 Å². The largest absolute Gasteiger partial charge is 0.392 e. The van der Waals surface area contributed by atoms with Crippen LogP contribution in [0.3, 0.4) is 0 Å². The molecule has 0 saturated heterocycles. The average molecular weight is 217 g/mol. The van der Waals surface area contributed by atoms with Crippen molar-refractivity contribution < 1.29 is 9.50 Å². The molecule has 0 amide bonds. The van der Waals surface area contributed by atoms with Gasteiger partial charge in [-0.15, -0.1) is 11.3 Å². The number of aliphatic hydroxyl groups excluding tert-OH is 1. The molecule has 0 aliphatic heterocycles. The predicted molar refractivity (Wildman–Crippen MR) is 52.7 cm³/mol. The van der Waals surface area contributed by atoms with E-state index in [0.29, 0.717) is 10.9 Å². The van der Waals surface area contributed by atoms with Gasteiger partial charge in [0.2, 0.25) is 0 Å². The van der Waals surface area contributed by atoms with Crippen molar-refractivity contribution in [1.29, 1.82) is 0 Å². The zero-order chi connectivity index (χ0) is 9.42. The van der Waals surface area contributed by atoms with Crippen LogP contribution in [0.15, 0.2) is 17.5 Å². The van der Waals surface area contributed by atoms with Crippen LogP contribution >= 0.6 is 22.9 Å². The van der Waals surface area contributed by atoms with Crippen molar-refractivity contribution in [2.45, 2.75) is 6.61 Å². The van der Waals surface area contributed by atoms with Gasteiger partial charge in [-0.1, -0.05) is 11.6 Å². The Hall–Kier alpha value is -0.640. The Labute approximate surface area is 83.4 Å². The number of fused-ring (bicyclic) bond motifs is 1. The first kappa shape index (κ1) is 8.94. The lowest BCUT2D eigenvalue weighted by molar-refractivity contribution is 0.283. The molecule has 0 unspecified atom stereocenters. The van der Waals surface area contributed by atoms with Gasteiger partial charge in [-0.05, 0) is 23.1 Å². The number of hydrogen-bond acceptors (Lipinski definition) is 2. The molecule has 0 saturated carbocycles. The van der Waals surface area contributed by atoms with Gasteiger partial charge in [-0.2, -0.15) is 0 Å². The van der Waals surface area contributed by atoms with Gasteiger partial charge in [0.15, 0.2) is 0 Å². The highest BCUT2D eigenvalue weighted by Crippen LogP contribution is 2.31. The Morgan fingerprint density at radius 1 is 1.54 bits per heavy atom. The van der Waals surface area contributed by atoms with Crippen LogP contribution in [0.2, 0.25) is 5.02 Å². The molecule has 4 heteroatoms. The first-order valence-electron chi connectivity index (χ1n) is 3.69. The van der Waals surface area contributed by atoms with Crippen LogP contribution in [0.1, 0.15) is 5.56 Å². The molecular formula is C9H6ClFOS. The van der Waals surface area contributed by atoms with Crippen molar-refractivity contribution in [3.05, 3.63) is 33.9 Å². The van der Waals surface area contributed by atoms with Gasteiger partial charge < -0.3 is 5.11 Å². The van der Waals surface area contributed by atoms with Crippen molar-refractivity contribution in [1.82, 2.24) is 0 Å². The van der Waals surface area contributed by atoms with E-state index in [2.05, 4.69) is 0 Å². The summed E-state index contributed by atoms with van der Waals surface area (Å²) in [5, 5.41) is 11.3. The molecular weight excluding hydrogens is 211 g/mol. The molecule has 1 heterocycles. The molecule has 68 valence electrons. The molecule has 1 aromatic carbocycles. The van der Waals surface area contributed by atoms with E-state index in [-0.39, 0.29) is 11.6 Å². The van der Waals surface area contributed by atoms with Crippen LogP contribution in [-0.4, -0.2) is 5.11 Å². The van der Waals surface area contributed by atoms with Crippen molar-refractivity contribution in [2.75, 3.05) is 0 Å². The summed E-state index contributed by atoms with van der Waals surface area (Å²) in [6.45, 7) is -0.114. The first-order valence-corrected chi connectivity index (χ1v) is 4.94. The summed E-state index contributed by atoms with van der Waals surface area (Å²) >= 11 is 7.05. The quantitative estimate of drug-likeness (QED) is 0.776. The SMILES string of the molecule is OCc1cc(Cl)c(F)c2ccsc12. The van der Waals surface area contributed by atoms with Crippen LogP contribution < -0.4 is 0 Å². The number of rotatable bonds is 1. The van der Waals surface area contributed by atoms with E-state index in [4.69, 9.17) is 16.7 Å². The normalized spacial score (nSPS) is 11.0. The highest BCUT2D eigenvalue weighted by Gasteiger charge is 2.10. The molecule has 2 rings (SSSR count). The summed E-state index contributed by atoms with van der Waals surface area (Å²) in [6, 6.07) is 3.14. The molecule has 0 aliphatic rings. The van der Waals surface area contributed by atoms with E-state index >= 15 is 0 Å². The second-order valence-electron chi connectivity index (χ2n) is 2.65. The Morgan fingerprint density at radius 3 is 3.00 bits per heavy atom. The van der Waals surface area contributed by atoms with E-state index in [1.54, 1.807) is 11.4 Å². The van der Waals surface area contributed by atoms with Crippen molar-refractivity contribution in [3.63, 3.8) is 0 Å². The van der Waals surface area contributed by atoms with Crippen molar-refractivity contribution in [3.8, 4) is 0 Å². The molecule has 1 N–H and O–H groups in total. The number of halogens is 2. The van der Waals surface area contributed by atoms with Crippen LogP contribution in [0.25, 0.3) is 10.1 Å². The monoisotopic (exact) mass is 216 g/mol. The highest BCUT2D eigenvalue weighted by molar-refractivity contribution is 7.17. The Morgan fingerprint density at radius 2 is 2.31 bits per heavy atom. The van der Waals surface area contributed by atoms with Crippen LogP contribution in [0.4, 0.5) is 4.39 Å². The Bertz CT molecular complexity index is 452. The van der Waals surface area contributed by atoms with Crippen LogP contribution in [0.5, 0.6) is 0 Å². The minimum absolute atomic E-state index is 0.0648. The lowest BCUT2D eigenvalue weighted by Crippen LogP contribution is -1.86. The maximum atomic E-state index is 13.3. The summed E-state index contributed by atoms with van der Waals surface area (Å²) < 4.78 is 14.1. The fourth-order valence-corrected chi connectivity index (χ4v) is 2.39. The van der Waals surface area contributed by atoms with Gasteiger partial charge >= 0.3 is 0 Å². The van der Waals surface area contributed by atoms with Crippen molar-refractivity contribution in [2.24, 2.45) is 0 Å². The lowest BCUT2D eigenvalue weighted by atomic mass is 10.1. The minimum atomic E-state index is -0.407. The van der Waals surface area contributed by atoms with Gasteiger partial charge in [-0.3, -0.25) is 0 Å². The van der Waals surface area contributed by atoms with Crippen LogP contribution in [0, 0.1) is 5.82 Å². The van der Waals surface area contributed by atoms with Gasteiger partial charge in [-0.25, -0.2) is 4.39 Å². The molecule has 0 fully saturated rings. The standard InChI is InChI=1S/C9H6ClFOS/c10-7-3-5(4-12)9-6(8(7)11)1-2-13-9/h1-3,12H,4H2. The van der Waals surface area contributed by atoms with Crippen LogP contribution in [-0.2, 0) is 6.61 Å². The van der Waals surface area contributed by atoms with E-state index in [9.17, 15) is 4.39 Å². The van der Waals surface area contributed by atoms with Gasteiger partial charge in [0, 0.05) is 10.1 Å². The number of hydrogen-bond donors (Lipinski definition) is 1. The summed E-state index contributed by atoms with van der Waals surface area (Å²) in [4.78, 5) is 0. The molecule has 0 aliphatic carbocycles. The van der Waals surface area contributed by atoms with E-state index in [0.717, 1.165) is 4.70 Å². The third-order valence-corrected chi connectivity index (χ3v) is 3.14. The number of thiophene rings is 1.